The number of hydrogen-bond acceptors (Lipinski definition) is 4. The van der Waals surface area contributed by atoms with Crippen LogP contribution in [0.2, 0.25) is 0 Å². The smallest absolute Gasteiger partial charge is 0.245 e. The number of hydrogen-bond donors (Lipinski definition) is 0. The van der Waals surface area contributed by atoms with Crippen molar-refractivity contribution in [3.05, 3.63) is 53.0 Å². The molecule has 0 saturated carbocycles. The van der Waals surface area contributed by atoms with Crippen molar-refractivity contribution in [2.45, 2.75) is 52.1 Å². The largest absolute Gasteiger partial charge is 0.361 e. The first-order valence-corrected chi connectivity index (χ1v) is 9.79. The SMILES string of the molecule is CC(=O)c1cn([C@@H](C)C(=O)N(C)Cc2noc3c2CCCC3)c2ccccc12. The van der Waals surface area contributed by atoms with Gasteiger partial charge in [0.05, 0.1) is 6.54 Å². The average Bonchev–Trinajstić information content (AvgIpc) is 3.29. The van der Waals surface area contributed by atoms with Crippen LogP contribution in [0, 0.1) is 0 Å². The molecule has 0 bridgehead atoms. The first kappa shape index (κ1) is 18.5. The lowest BCUT2D eigenvalue weighted by molar-refractivity contribution is -0.133. The van der Waals surface area contributed by atoms with Crippen molar-refractivity contribution < 1.29 is 14.1 Å². The van der Waals surface area contributed by atoms with E-state index in [-0.39, 0.29) is 11.7 Å². The number of carbonyl (C=O) groups excluding carboxylic acids is 2. The van der Waals surface area contributed by atoms with E-state index in [9.17, 15) is 9.59 Å². The van der Waals surface area contributed by atoms with Crippen molar-refractivity contribution in [1.82, 2.24) is 14.6 Å². The van der Waals surface area contributed by atoms with Gasteiger partial charge in [0.15, 0.2) is 5.78 Å². The van der Waals surface area contributed by atoms with Crippen molar-refractivity contribution in [3.8, 4) is 0 Å². The summed E-state index contributed by atoms with van der Waals surface area (Å²) in [5, 5.41) is 5.09. The third kappa shape index (κ3) is 3.13. The van der Waals surface area contributed by atoms with Crippen LogP contribution in [-0.4, -0.2) is 33.4 Å². The topological polar surface area (TPSA) is 68.3 Å². The molecule has 1 aliphatic rings. The van der Waals surface area contributed by atoms with Crippen LogP contribution >= 0.6 is 0 Å². The summed E-state index contributed by atoms with van der Waals surface area (Å²) in [6.45, 7) is 3.85. The Kier molecular flexibility index (Phi) is 4.79. The Hall–Kier alpha value is -2.89. The molecule has 0 unspecified atom stereocenters. The van der Waals surface area contributed by atoms with E-state index < -0.39 is 6.04 Å². The number of benzene rings is 1. The fourth-order valence-corrected chi connectivity index (χ4v) is 4.12. The molecule has 1 aliphatic carbocycles. The molecule has 2 aromatic heterocycles. The number of rotatable bonds is 5. The molecule has 0 spiro atoms. The molecule has 4 rings (SSSR count). The third-order valence-corrected chi connectivity index (χ3v) is 5.69. The summed E-state index contributed by atoms with van der Waals surface area (Å²) < 4.78 is 7.36. The molecule has 0 N–H and O–H groups in total. The van der Waals surface area contributed by atoms with Crippen molar-refractivity contribution in [1.29, 1.82) is 0 Å². The Labute approximate surface area is 164 Å². The molecule has 146 valence electrons. The first-order chi connectivity index (χ1) is 13.5. The zero-order valence-electron chi connectivity index (χ0n) is 16.6. The molecule has 0 fully saturated rings. The molecular weight excluding hydrogens is 354 g/mol. The van der Waals surface area contributed by atoms with E-state index >= 15 is 0 Å². The molecule has 0 saturated heterocycles. The third-order valence-electron chi connectivity index (χ3n) is 5.69. The summed E-state index contributed by atoms with van der Waals surface area (Å²) >= 11 is 0. The maximum atomic E-state index is 13.1. The zero-order valence-corrected chi connectivity index (χ0v) is 16.6. The Bertz CT molecular complexity index is 1050. The summed E-state index contributed by atoms with van der Waals surface area (Å²) in [5.41, 5.74) is 3.56. The number of amides is 1. The number of aromatic nitrogens is 2. The van der Waals surface area contributed by atoms with E-state index in [2.05, 4.69) is 5.16 Å². The van der Waals surface area contributed by atoms with Gasteiger partial charge in [0.2, 0.25) is 5.91 Å². The highest BCUT2D eigenvalue weighted by atomic mass is 16.5. The van der Waals surface area contributed by atoms with Crippen molar-refractivity contribution >= 4 is 22.6 Å². The molecule has 0 radical (unpaired) electrons. The maximum Gasteiger partial charge on any atom is 0.245 e. The Morgan fingerprint density at radius 2 is 2.00 bits per heavy atom. The fraction of sp³-hybridized carbons (Fsp3) is 0.409. The summed E-state index contributed by atoms with van der Waals surface area (Å²) in [4.78, 5) is 26.8. The van der Waals surface area contributed by atoms with Gasteiger partial charge in [-0.25, -0.2) is 0 Å². The molecule has 28 heavy (non-hydrogen) atoms. The summed E-state index contributed by atoms with van der Waals surface area (Å²) in [5.74, 6) is 0.943. The lowest BCUT2D eigenvalue weighted by atomic mass is 9.96. The normalized spacial score (nSPS) is 14.7. The molecule has 1 aromatic carbocycles. The second-order valence-corrected chi connectivity index (χ2v) is 7.63. The predicted octanol–water partition coefficient (Wildman–Crippen LogP) is 3.93. The van der Waals surface area contributed by atoms with E-state index in [4.69, 9.17) is 4.52 Å². The standard InChI is InChI=1S/C22H25N3O3/c1-14(25-12-18(15(2)26)16-8-4-6-10-20(16)25)22(27)24(3)13-19-17-9-5-7-11-21(17)28-23-19/h4,6,8,10,12,14H,5,7,9,11,13H2,1-3H3/t14-/m0/s1. The predicted molar refractivity (Wildman–Crippen MR) is 106 cm³/mol. The Balaban J connectivity index is 1.59. The lowest BCUT2D eigenvalue weighted by Gasteiger charge is -2.23. The molecule has 0 aliphatic heterocycles. The summed E-state index contributed by atoms with van der Waals surface area (Å²) in [7, 11) is 1.79. The quantitative estimate of drug-likeness (QED) is 0.630. The first-order valence-electron chi connectivity index (χ1n) is 9.79. The van der Waals surface area contributed by atoms with Gasteiger partial charge in [-0.3, -0.25) is 9.59 Å². The number of carbonyl (C=O) groups is 2. The van der Waals surface area contributed by atoms with Crippen molar-refractivity contribution in [3.63, 3.8) is 0 Å². The van der Waals surface area contributed by atoms with Crippen molar-refractivity contribution in [2.75, 3.05) is 7.05 Å². The van der Waals surface area contributed by atoms with Gasteiger partial charge in [0.25, 0.3) is 0 Å². The Morgan fingerprint density at radius 3 is 2.79 bits per heavy atom. The maximum absolute atomic E-state index is 13.1. The molecular formula is C22H25N3O3. The minimum absolute atomic E-state index is 0.00261. The van der Waals surface area contributed by atoms with Gasteiger partial charge in [-0.05, 0) is 39.2 Å². The van der Waals surface area contributed by atoms with E-state index in [1.165, 1.54) is 5.56 Å². The highest BCUT2D eigenvalue weighted by Crippen LogP contribution is 2.28. The number of ketones is 1. The number of Topliss-reactive ketones (excluding diaryl/α,β-unsaturated/α-hetero) is 1. The fourth-order valence-electron chi connectivity index (χ4n) is 4.12. The van der Waals surface area contributed by atoms with E-state index in [0.717, 1.165) is 48.0 Å². The van der Waals surface area contributed by atoms with Crippen LogP contribution in [0.3, 0.4) is 0 Å². The van der Waals surface area contributed by atoms with Crippen LogP contribution in [0.5, 0.6) is 0 Å². The van der Waals surface area contributed by atoms with E-state index in [1.807, 2.05) is 35.8 Å². The van der Waals surface area contributed by atoms with Crippen LogP contribution in [0.1, 0.15) is 60.1 Å². The van der Waals surface area contributed by atoms with E-state index in [0.29, 0.717) is 12.1 Å². The number of fused-ring (bicyclic) bond motifs is 2. The van der Waals surface area contributed by atoms with Crippen molar-refractivity contribution in [2.24, 2.45) is 0 Å². The highest BCUT2D eigenvalue weighted by molar-refractivity contribution is 6.07. The van der Waals surface area contributed by atoms with Gasteiger partial charge in [-0.1, -0.05) is 23.4 Å². The van der Waals surface area contributed by atoms with Gasteiger partial charge >= 0.3 is 0 Å². The number of para-hydroxylation sites is 1. The molecule has 1 atom stereocenters. The van der Waals surface area contributed by atoms with Crippen LogP contribution < -0.4 is 0 Å². The van der Waals surface area contributed by atoms with Gasteiger partial charge in [-0.15, -0.1) is 0 Å². The molecule has 3 aromatic rings. The number of aryl methyl sites for hydroxylation is 1. The lowest BCUT2D eigenvalue weighted by Crippen LogP contribution is -2.33. The average molecular weight is 379 g/mol. The monoisotopic (exact) mass is 379 g/mol. The van der Waals surface area contributed by atoms with E-state index in [1.54, 1.807) is 25.1 Å². The van der Waals surface area contributed by atoms with Gasteiger partial charge in [0, 0.05) is 41.7 Å². The minimum Gasteiger partial charge on any atom is -0.361 e. The number of likely N-dealkylation sites (N-methyl/N-ethyl adjacent to an activating group) is 1. The van der Waals surface area contributed by atoms with Gasteiger partial charge in [0.1, 0.15) is 17.5 Å². The van der Waals surface area contributed by atoms with Crippen LogP contribution in [-0.2, 0) is 24.2 Å². The van der Waals surface area contributed by atoms with Crippen LogP contribution in [0.25, 0.3) is 10.9 Å². The minimum atomic E-state index is -0.425. The summed E-state index contributed by atoms with van der Waals surface area (Å²) in [6.07, 6.45) is 5.96. The Morgan fingerprint density at radius 1 is 1.25 bits per heavy atom. The molecule has 2 heterocycles. The zero-order chi connectivity index (χ0) is 19.8. The number of nitrogens with zero attached hydrogens (tertiary/aromatic N) is 3. The second-order valence-electron chi connectivity index (χ2n) is 7.63. The van der Waals surface area contributed by atoms with Gasteiger partial charge in [-0.2, -0.15) is 0 Å². The summed E-state index contributed by atoms with van der Waals surface area (Å²) in [6, 6.07) is 7.27. The van der Waals surface area contributed by atoms with Crippen LogP contribution in [0.4, 0.5) is 0 Å². The molecule has 6 nitrogen and oxygen atoms in total. The highest BCUT2D eigenvalue weighted by Gasteiger charge is 2.26. The van der Waals surface area contributed by atoms with Gasteiger partial charge < -0.3 is 14.0 Å². The second kappa shape index (κ2) is 7.26. The molecule has 6 heteroatoms. The molecule has 1 amide bonds. The van der Waals surface area contributed by atoms with Crippen LogP contribution in [0.15, 0.2) is 35.0 Å².